The standard InChI is InChI=1S/C17H32N4O2.HI/c1-18-17(19-10-6-12-23-2)20-15-9-11-21(13-15)16(22)14-7-4-3-5-8-14;/h14-15H,3-13H2,1-2H3,(H2,18,19,20);1H. The molecule has 1 saturated heterocycles. The van der Waals surface area contributed by atoms with E-state index in [9.17, 15) is 4.79 Å². The molecule has 1 atom stereocenters. The number of halogens is 1. The van der Waals surface area contributed by atoms with Crippen molar-refractivity contribution in [3.05, 3.63) is 0 Å². The molecule has 1 unspecified atom stereocenters. The van der Waals surface area contributed by atoms with Gasteiger partial charge in [0, 0.05) is 52.4 Å². The topological polar surface area (TPSA) is 66.0 Å². The molecule has 7 heteroatoms. The second-order valence-corrected chi connectivity index (χ2v) is 6.59. The van der Waals surface area contributed by atoms with Crippen LogP contribution < -0.4 is 10.6 Å². The minimum absolute atomic E-state index is 0. The highest BCUT2D eigenvalue weighted by Gasteiger charge is 2.31. The van der Waals surface area contributed by atoms with Gasteiger partial charge in [-0.05, 0) is 25.7 Å². The van der Waals surface area contributed by atoms with Crippen molar-refractivity contribution in [2.75, 3.05) is 40.4 Å². The molecule has 0 aromatic rings. The summed E-state index contributed by atoms with van der Waals surface area (Å²) in [5.74, 6) is 1.46. The van der Waals surface area contributed by atoms with E-state index in [0.717, 1.165) is 57.9 Å². The van der Waals surface area contributed by atoms with Gasteiger partial charge >= 0.3 is 0 Å². The number of ether oxygens (including phenoxy) is 1. The number of methoxy groups -OCH3 is 1. The first-order chi connectivity index (χ1) is 11.2. The summed E-state index contributed by atoms with van der Waals surface area (Å²) in [5.41, 5.74) is 0. The number of nitrogens with zero attached hydrogens (tertiary/aromatic N) is 2. The van der Waals surface area contributed by atoms with Gasteiger partial charge in [0.05, 0.1) is 0 Å². The largest absolute Gasteiger partial charge is 0.385 e. The highest BCUT2D eigenvalue weighted by Crippen LogP contribution is 2.26. The van der Waals surface area contributed by atoms with E-state index in [-0.39, 0.29) is 29.9 Å². The number of guanidine groups is 1. The van der Waals surface area contributed by atoms with Crippen molar-refractivity contribution < 1.29 is 9.53 Å². The second-order valence-electron chi connectivity index (χ2n) is 6.59. The molecule has 1 aliphatic carbocycles. The van der Waals surface area contributed by atoms with Gasteiger partial charge in [-0.3, -0.25) is 9.79 Å². The summed E-state index contributed by atoms with van der Waals surface area (Å²) in [4.78, 5) is 18.9. The van der Waals surface area contributed by atoms with Crippen LogP contribution in [0, 0.1) is 5.92 Å². The van der Waals surface area contributed by atoms with Crippen LogP contribution >= 0.6 is 24.0 Å². The van der Waals surface area contributed by atoms with Gasteiger partial charge < -0.3 is 20.3 Å². The van der Waals surface area contributed by atoms with E-state index in [1.807, 2.05) is 4.90 Å². The molecule has 6 nitrogen and oxygen atoms in total. The Kier molecular flexibility index (Phi) is 10.6. The van der Waals surface area contributed by atoms with E-state index in [1.54, 1.807) is 14.2 Å². The third-order valence-corrected chi connectivity index (χ3v) is 4.84. The van der Waals surface area contributed by atoms with Crippen LogP contribution in [-0.2, 0) is 9.53 Å². The number of hydrogen-bond donors (Lipinski definition) is 2. The van der Waals surface area contributed by atoms with E-state index in [2.05, 4.69) is 15.6 Å². The van der Waals surface area contributed by atoms with Gasteiger partial charge in [-0.2, -0.15) is 0 Å². The molecule has 1 saturated carbocycles. The zero-order valence-electron chi connectivity index (χ0n) is 15.1. The molecule has 2 N–H and O–H groups in total. The second kappa shape index (κ2) is 11.9. The summed E-state index contributed by atoms with van der Waals surface area (Å²) in [6.07, 6.45) is 7.82. The maximum absolute atomic E-state index is 12.6. The van der Waals surface area contributed by atoms with Crippen molar-refractivity contribution in [2.45, 2.75) is 51.0 Å². The lowest BCUT2D eigenvalue weighted by Gasteiger charge is -2.26. The first kappa shape index (κ1) is 21.5. The fourth-order valence-electron chi connectivity index (χ4n) is 3.50. The lowest BCUT2D eigenvalue weighted by molar-refractivity contribution is -0.135. The lowest BCUT2D eigenvalue weighted by atomic mass is 9.88. The van der Waals surface area contributed by atoms with Gasteiger partial charge in [-0.15, -0.1) is 24.0 Å². The molecule has 2 aliphatic rings. The quantitative estimate of drug-likeness (QED) is 0.280. The Bertz CT molecular complexity index is 400. The first-order valence-electron chi connectivity index (χ1n) is 8.99. The molecule has 24 heavy (non-hydrogen) atoms. The molecule has 140 valence electrons. The Balaban J connectivity index is 0.00000288. The van der Waals surface area contributed by atoms with Crippen LogP contribution in [0.3, 0.4) is 0 Å². The van der Waals surface area contributed by atoms with E-state index in [0.29, 0.717) is 11.9 Å². The third-order valence-electron chi connectivity index (χ3n) is 4.84. The van der Waals surface area contributed by atoms with Crippen LogP contribution in [-0.4, -0.2) is 63.2 Å². The molecular formula is C17H33IN4O2. The number of hydrogen-bond acceptors (Lipinski definition) is 3. The maximum Gasteiger partial charge on any atom is 0.225 e. The van der Waals surface area contributed by atoms with Crippen molar-refractivity contribution in [3.8, 4) is 0 Å². The van der Waals surface area contributed by atoms with Crippen LogP contribution in [0.15, 0.2) is 4.99 Å². The number of rotatable bonds is 6. The fourth-order valence-corrected chi connectivity index (χ4v) is 3.50. The minimum atomic E-state index is 0. The first-order valence-corrected chi connectivity index (χ1v) is 8.99. The summed E-state index contributed by atoms with van der Waals surface area (Å²) in [6, 6.07) is 0.302. The zero-order valence-corrected chi connectivity index (χ0v) is 17.4. The Morgan fingerprint density at radius 1 is 1.25 bits per heavy atom. The monoisotopic (exact) mass is 452 g/mol. The van der Waals surface area contributed by atoms with Crippen LogP contribution in [0.2, 0.25) is 0 Å². The van der Waals surface area contributed by atoms with E-state index >= 15 is 0 Å². The number of carbonyl (C=O) groups is 1. The Hall–Kier alpha value is -0.570. The third kappa shape index (κ3) is 6.74. The summed E-state index contributed by atoms with van der Waals surface area (Å²) < 4.78 is 5.04. The van der Waals surface area contributed by atoms with Crippen LogP contribution in [0.5, 0.6) is 0 Å². The van der Waals surface area contributed by atoms with Crippen LogP contribution in [0.25, 0.3) is 0 Å². The van der Waals surface area contributed by atoms with E-state index < -0.39 is 0 Å². The van der Waals surface area contributed by atoms with Gasteiger partial charge in [0.15, 0.2) is 5.96 Å². The average Bonchev–Trinajstić information content (AvgIpc) is 3.06. The molecule has 0 aromatic heterocycles. The number of amides is 1. The van der Waals surface area contributed by atoms with E-state index in [4.69, 9.17) is 4.74 Å². The van der Waals surface area contributed by atoms with Crippen molar-refractivity contribution in [1.29, 1.82) is 0 Å². The molecule has 1 aliphatic heterocycles. The summed E-state index contributed by atoms with van der Waals surface area (Å²) in [5, 5.41) is 6.73. The zero-order chi connectivity index (χ0) is 16.5. The molecule has 0 aromatic carbocycles. The molecule has 0 bridgehead atoms. The predicted molar refractivity (Wildman–Crippen MR) is 108 cm³/mol. The Morgan fingerprint density at radius 2 is 2.00 bits per heavy atom. The predicted octanol–water partition coefficient (Wildman–Crippen LogP) is 1.99. The highest BCUT2D eigenvalue weighted by molar-refractivity contribution is 14.0. The molecule has 1 amide bonds. The van der Waals surface area contributed by atoms with Crippen LogP contribution in [0.4, 0.5) is 0 Å². The molecule has 0 radical (unpaired) electrons. The van der Waals surface area contributed by atoms with Gasteiger partial charge in [0.25, 0.3) is 0 Å². The van der Waals surface area contributed by atoms with Crippen molar-refractivity contribution >= 4 is 35.8 Å². The van der Waals surface area contributed by atoms with Gasteiger partial charge in [0.1, 0.15) is 0 Å². The van der Waals surface area contributed by atoms with Crippen molar-refractivity contribution in [1.82, 2.24) is 15.5 Å². The minimum Gasteiger partial charge on any atom is -0.385 e. The molecule has 1 heterocycles. The molecule has 0 spiro atoms. The van der Waals surface area contributed by atoms with Gasteiger partial charge in [-0.25, -0.2) is 0 Å². The molecular weight excluding hydrogens is 419 g/mol. The van der Waals surface area contributed by atoms with Crippen LogP contribution in [0.1, 0.15) is 44.9 Å². The normalized spacial score (nSPS) is 22.2. The highest BCUT2D eigenvalue weighted by atomic mass is 127. The number of carbonyl (C=O) groups excluding carboxylic acids is 1. The number of aliphatic imine (C=N–C) groups is 1. The lowest BCUT2D eigenvalue weighted by Crippen LogP contribution is -2.45. The van der Waals surface area contributed by atoms with Crippen molar-refractivity contribution in [3.63, 3.8) is 0 Å². The number of likely N-dealkylation sites (tertiary alicyclic amines) is 1. The summed E-state index contributed by atoms with van der Waals surface area (Å²) in [7, 11) is 3.50. The average molecular weight is 452 g/mol. The Morgan fingerprint density at radius 3 is 2.67 bits per heavy atom. The molecule has 2 fully saturated rings. The smallest absolute Gasteiger partial charge is 0.225 e. The van der Waals surface area contributed by atoms with E-state index in [1.165, 1.54) is 19.3 Å². The molecule has 2 rings (SSSR count). The van der Waals surface area contributed by atoms with Gasteiger partial charge in [-0.1, -0.05) is 19.3 Å². The maximum atomic E-state index is 12.6. The van der Waals surface area contributed by atoms with Gasteiger partial charge in [0.2, 0.25) is 5.91 Å². The Labute approximate surface area is 163 Å². The summed E-state index contributed by atoms with van der Waals surface area (Å²) in [6.45, 7) is 3.25. The SMILES string of the molecule is CN=C(NCCCOC)NC1CCN(C(=O)C2CCCCC2)C1.I. The summed E-state index contributed by atoms with van der Waals surface area (Å²) >= 11 is 0. The number of nitrogens with one attached hydrogen (secondary N) is 2. The van der Waals surface area contributed by atoms with Crippen molar-refractivity contribution in [2.24, 2.45) is 10.9 Å². The fraction of sp³-hybridized carbons (Fsp3) is 0.882.